The molecular formula is C31H39N5O3. The molecule has 0 spiro atoms. The first-order chi connectivity index (χ1) is 18.6. The molecule has 4 rings (SSSR count). The number of ether oxygens (including phenoxy) is 1. The van der Waals surface area contributed by atoms with Crippen LogP contribution in [0.25, 0.3) is 0 Å². The molecule has 3 heterocycles. The molecule has 1 unspecified atom stereocenters. The Kier molecular flexibility index (Phi) is 8.29. The number of nitrogens with one attached hydrogen (secondary N) is 3. The Balaban J connectivity index is 1.61. The van der Waals surface area contributed by atoms with Gasteiger partial charge in [-0.15, -0.1) is 11.8 Å². The predicted molar refractivity (Wildman–Crippen MR) is 151 cm³/mol. The number of para-hydroxylation sites is 1. The lowest BCUT2D eigenvalue weighted by Gasteiger charge is -2.44. The molecule has 3 N–H and O–H groups in total. The van der Waals surface area contributed by atoms with Crippen molar-refractivity contribution in [3.05, 3.63) is 59.4 Å². The van der Waals surface area contributed by atoms with E-state index >= 15 is 0 Å². The maximum atomic E-state index is 13.5. The predicted octanol–water partition coefficient (Wildman–Crippen LogP) is 5.27. The summed E-state index contributed by atoms with van der Waals surface area (Å²) in [5.41, 5.74) is 1.21. The molecule has 0 bridgehead atoms. The van der Waals surface area contributed by atoms with Crippen LogP contribution in [0.4, 0.5) is 0 Å². The summed E-state index contributed by atoms with van der Waals surface area (Å²) < 4.78 is 6.11. The number of hydrogen-bond acceptors (Lipinski definition) is 5. The van der Waals surface area contributed by atoms with Gasteiger partial charge in [0.1, 0.15) is 11.4 Å². The van der Waals surface area contributed by atoms with Crippen LogP contribution in [0.3, 0.4) is 0 Å². The van der Waals surface area contributed by atoms with Gasteiger partial charge in [0.15, 0.2) is 5.96 Å². The maximum Gasteiger partial charge on any atom is 0.253 e. The number of guanidine groups is 1. The monoisotopic (exact) mass is 529 g/mol. The average Bonchev–Trinajstić information content (AvgIpc) is 2.91. The molecule has 8 heteroatoms. The summed E-state index contributed by atoms with van der Waals surface area (Å²) >= 11 is 0. The van der Waals surface area contributed by atoms with Gasteiger partial charge in [0.05, 0.1) is 24.1 Å². The number of rotatable bonds is 8. The number of amides is 2. The van der Waals surface area contributed by atoms with Gasteiger partial charge in [-0.2, -0.15) is 0 Å². The summed E-state index contributed by atoms with van der Waals surface area (Å²) in [7, 11) is 0. The molecule has 2 aromatic rings. The number of fused-ring (bicyclic) bond motifs is 1. The third-order valence-electron chi connectivity index (χ3n) is 7.86. The lowest BCUT2D eigenvalue weighted by Crippen LogP contribution is -2.62. The van der Waals surface area contributed by atoms with E-state index in [-0.39, 0.29) is 23.8 Å². The fraction of sp³-hybridized carbons (Fsp3) is 0.484. The second-order valence-corrected chi connectivity index (χ2v) is 11.0. The summed E-state index contributed by atoms with van der Waals surface area (Å²) in [5.74, 6) is 6.49. The number of nitrogens with zero attached hydrogens (tertiary/aromatic N) is 2. The molecule has 1 aromatic carbocycles. The largest absolute Gasteiger partial charge is 0.487 e. The average molecular weight is 530 g/mol. The van der Waals surface area contributed by atoms with Crippen molar-refractivity contribution in [3.63, 3.8) is 0 Å². The first-order valence-corrected chi connectivity index (χ1v) is 13.7. The van der Waals surface area contributed by atoms with Gasteiger partial charge in [-0.05, 0) is 57.7 Å². The summed E-state index contributed by atoms with van der Waals surface area (Å²) in [4.78, 5) is 32.8. The minimum absolute atomic E-state index is 0.0836. The Hall–Kier alpha value is -3.86. The van der Waals surface area contributed by atoms with Crippen LogP contribution in [0.1, 0.15) is 107 Å². The van der Waals surface area contributed by atoms with Crippen LogP contribution in [0, 0.1) is 17.3 Å². The number of hydrogen-bond donors (Lipinski definition) is 3. The Morgan fingerprint density at radius 1 is 1.28 bits per heavy atom. The van der Waals surface area contributed by atoms with E-state index in [9.17, 15) is 9.59 Å². The van der Waals surface area contributed by atoms with E-state index in [1.165, 1.54) is 4.90 Å². The van der Waals surface area contributed by atoms with Crippen LogP contribution in [0.15, 0.2) is 42.7 Å². The highest BCUT2D eigenvalue weighted by molar-refractivity contribution is 6.00. The quantitative estimate of drug-likeness (QED) is 0.404. The topological polar surface area (TPSA) is 107 Å². The zero-order valence-electron chi connectivity index (χ0n) is 23.6. The first kappa shape index (κ1) is 28.2. The SMILES string of the molecule is CC#CCCC(c1cncc(C(=O)N[C@H]2CC(C)(C)Oc3ccccc32)c1)N1C(=N)NC(CC)(CC)CC1=O. The number of benzene rings is 1. The molecule has 0 aliphatic carbocycles. The van der Waals surface area contributed by atoms with E-state index in [1.807, 2.05) is 52.0 Å². The lowest BCUT2D eigenvalue weighted by molar-refractivity contribution is -0.132. The van der Waals surface area contributed by atoms with Gasteiger partial charge in [-0.1, -0.05) is 32.0 Å². The van der Waals surface area contributed by atoms with Crippen LogP contribution in [-0.2, 0) is 4.79 Å². The second kappa shape index (κ2) is 11.5. The Labute approximate surface area is 231 Å². The van der Waals surface area contributed by atoms with Gasteiger partial charge >= 0.3 is 0 Å². The lowest BCUT2D eigenvalue weighted by atomic mass is 9.86. The van der Waals surface area contributed by atoms with Gasteiger partial charge < -0.3 is 15.4 Å². The Morgan fingerprint density at radius 3 is 2.72 bits per heavy atom. The number of aromatic nitrogens is 1. The van der Waals surface area contributed by atoms with E-state index in [2.05, 4.69) is 27.5 Å². The van der Waals surface area contributed by atoms with E-state index in [1.54, 1.807) is 25.4 Å². The number of carbonyl (C=O) groups is 2. The highest BCUT2D eigenvalue weighted by atomic mass is 16.5. The molecule has 1 aromatic heterocycles. The van der Waals surface area contributed by atoms with Crippen molar-refractivity contribution in [3.8, 4) is 17.6 Å². The number of pyridine rings is 1. The Bertz CT molecular complexity index is 1280. The van der Waals surface area contributed by atoms with Crippen molar-refractivity contribution in [1.82, 2.24) is 20.5 Å². The zero-order chi connectivity index (χ0) is 28.2. The molecule has 2 atom stereocenters. The molecule has 1 fully saturated rings. The smallest absolute Gasteiger partial charge is 0.253 e. The van der Waals surface area contributed by atoms with Crippen molar-refractivity contribution in [2.45, 2.75) is 96.4 Å². The minimum atomic E-state index is -0.465. The molecule has 206 valence electrons. The third kappa shape index (κ3) is 6.08. The van der Waals surface area contributed by atoms with Crippen molar-refractivity contribution in [2.75, 3.05) is 0 Å². The van der Waals surface area contributed by atoms with E-state index in [0.29, 0.717) is 36.8 Å². The van der Waals surface area contributed by atoms with Crippen LogP contribution < -0.4 is 15.4 Å². The molecule has 39 heavy (non-hydrogen) atoms. The van der Waals surface area contributed by atoms with E-state index in [0.717, 1.165) is 24.2 Å². The Morgan fingerprint density at radius 2 is 2.03 bits per heavy atom. The maximum absolute atomic E-state index is 13.5. The normalized spacial score (nSPS) is 20.0. The van der Waals surface area contributed by atoms with Crippen molar-refractivity contribution in [1.29, 1.82) is 5.41 Å². The highest BCUT2D eigenvalue weighted by Gasteiger charge is 2.42. The van der Waals surface area contributed by atoms with Crippen molar-refractivity contribution < 1.29 is 14.3 Å². The van der Waals surface area contributed by atoms with Crippen LogP contribution in [0.2, 0.25) is 0 Å². The third-order valence-corrected chi connectivity index (χ3v) is 7.86. The number of carbonyl (C=O) groups excluding carboxylic acids is 2. The van der Waals surface area contributed by atoms with Crippen LogP contribution in [0.5, 0.6) is 5.75 Å². The zero-order valence-corrected chi connectivity index (χ0v) is 23.6. The van der Waals surface area contributed by atoms with E-state index < -0.39 is 17.2 Å². The molecule has 0 radical (unpaired) electrons. The second-order valence-electron chi connectivity index (χ2n) is 11.0. The molecule has 8 nitrogen and oxygen atoms in total. The summed E-state index contributed by atoms with van der Waals surface area (Å²) in [6.07, 6.45) is 6.73. The van der Waals surface area contributed by atoms with Crippen LogP contribution in [-0.4, -0.2) is 38.8 Å². The summed E-state index contributed by atoms with van der Waals surface area (Å²) in [6.45, 7) is 9.87. The van der Waals surface area contributed by atoms with Gasteiger partial charge in [-0.3, -0.25) is 24.9 Å². The van der Waals surface area contributed by atoms with Crippen LogP contribution >= 0.6 is 0 Å². The van der Waals surface area contributed by atoms with Crippen molar-refractivity contribution in [2.24, 2.45) is 0 Å². The molecule has 1 saturated heterocycles. The van der Waals surface area contributed by atoms with Gasteiger partial charge in [-0.25, -0.2) is 0 Å². The van der Waals surface area contributed by atoms with Gasteiger partial charge in [0, 0.05) is 36.3 Å². The first-order valence-electron chi connectivity index (χ1n) is 13.7. The van der Waals surface area contributed by atoms with Crippen molar-refractivity contribution >= 4 is 17.8 Å². The molecule has 2 aliphatic rings. The summed E-state index contributed by atoms with van der Waals surface area (Å²) in [5, 5.41) is 15.2. The standard InChI is InChI=1S/C31H39N5O3/c1-6-9-10-14-25(36-27(37)18-31(7-2,8-3)35-29(36)32)21-16-22(20-33-19-21)28(38)34-24-17-30(4,5)39-26-15-12-11-13-23(24)26/h11-13,15-16,19-20,24-25H,7-8,10,14,17-18H2,1-5H3,(H2,32,35)(H,34,38)/t24-,25?/m0/s1. The molecule has 2 aliphatic heterocycles. The summed E-state index contributed by atoms with van der Waals surface area (Å²) in [6, 6.07) is 8.87. The fourth-order valence-corrected chi connectivity index (χ4v) is 5.58. The van der Waals surface area contributed by atoms with E-state index in [4.69, 9.17) is 10.1 Å². The molecule has 2 amide bonds. The van der Waals surface area contributed by atoms with Gasteiger partial charge in [0.2, 0.25) is 5.91 Å². The molecule has 0 saturated carbocycles. The minimum Gasteiger partial charge on any atom is -0.487 e. The highest BCUT2D eigenvalue weighted by Crippen LogP contribution is 2.39. The molecular weight excluding hydrogens is 490 g/mol. The van der Waals surface area contributed by atoms with Gasteiger partial charge in [0.25, 0.3) is 5.91 Å². The fourth-order valence-electron chi connectivity index (χ4n) is 5.58.